The van der Waals surface area contributed by atoms with Gasteiger partial charge in [0.15, 0.2) is 0 Å². The molecule has 7 nitrogen and oxygen atoms in total. The molecule has 1 aromatic carbocycles. The Hall–Kier alpha value is -2.16. The number of hydrogen-bond donors (Lipinski definition) is 2. The zero-order valence-corrected chi connectivity index (χ0v) is 19.4. The average Bonchev–Trinajstić information content (AvgIpc) is 2.78. The normalized spacial score (nSPS) is 26.7. The summed E-state index contributed by atoms with van der Waals surface area (Å²) in [5, 5.41) is 9.75. The Kier molecular flexibility index (Phi) is 7.33. The van der Waals surface area contributed by atoms with Gasteiger partial charge in [-0.05, 0) is 67.9 Å². The van der Waals surface area contributed by atoms with E-state index in [2.05, 4.69) is 20.7 Å². The molecule has 0 radical (unpaired) electrons. The van der Waals surface area contributed by atoms with E-state index in [0.29, 0.717) is 24.8 Å². The van der Waals surface area contributed by atoms with Crippen LogP contribution in [-0.4, -0.2) is 56.6 Å². The largest absolute Gasteiger partial charge is 0.508 e. The third-order valence-electron chi connectivity index (χ3n) is 6.63. The van der Waals surface area contributed by atoms with Gasteiger partial charge in [0, 0.05) is 31.2 Å². The highest BCUT2D eigenvalue weighted by Gasteiger charge is 2.33. The maximum atomic E-state index is 11.9. The molecule has 8 heteroatoms. The lowest BCUT2D eigenvalue weighted by Crippen LogP contribution is -2.52. The molecule has 0 amide bonds. The summed E-state index contributed by atoms with van der Waals surface area (Å²) in [6, 6.07) is 13.3. The zero-order chi connectivity index (χ0) is 22.6. The molecule has 2 N–H and O–H groups in total. The number of anilines is 1. The molecular weight excluding hydrogens is 426 g/mol. The van der Waals surface area contributed by atoms with Gasteiger partial charge in [-0.25, -0.2) is 18.1 Å². The molecule has 1 saturated carbocycles. The Balaban J connectivity index is 1.34. The molecule has 2 atom stereocenters. The van der Waals surface area contributed by atoms with Gasteiger partial charge in [0.1, 0.15) is 11.6 Å². The maximum Gasteiger partial charge on any atom is 0.208 e. The van der Waals surface area contributed by atoms with E-state index in [-0.39, 0.29) is 18.1 Å². The molecular formula is C24H33N3O4S. The summed E-state index contributed by atoms with van der Waals surface area (Å²) < 4.78 is 33.0. The summed E-state index contributed by atoms with van der Waals surface area (Å²) in [5.74, 6) is 1.75. The second kappa shape index (κ2) is 10.2. The van der Waals surface area contributed by atoms with Crippen molar-refractivity contribution >= 4 is 15.8 Å². The first-order valence-corrected chi connectivity index (χ1v) is 13.3. The second-order valence-electron chi connectivity index (χ2n) is 9.08. The Bertz CT molecular complexity index is 978. The van der Waals surface area contributed by atoms with Gasteiger partial charge in [0.2, 0.25) is 10.0 Å². The molecule has 2 heterocycles. The van der Waals surface area contributed by atoms with Crippen LogP contribution >= 0.6 is 0 Å². The molecule has 1 saturated heterocycles. The van der Waals surface area contributed by atoms with Gasteiger partial charge in [-0.15, -0.1) is 0 Å². The Labute approximate surface area is 190 Å². The standard InChI is InChI=1S/C24H33N3O4S/c1-32(29,30)26-23-12-14-27(24-7-2-3-13-25-24)16-20(23)17-31-22-10-8-18(9-11-22)19-5-4-6-21(28)15-19/h2-7,13,15,18,20,22-23,26,28H,8-12,14,16-17H2,1H3/t18?,20?,22?,23-/m0/s1. The van der Waals surface area contributed by atoms with Crippen LogP contribution in [0.1, 0.15) is 43.6 Å². The van der Waals surface area contributed by atoms with Crippen LogP contribution in [0.3, 0.4) is 0 Å². The van der Waals surface area contributed by atoms with Gasteiger partial charge < -0.3 is 14.7 Å². The first-order valence-electron chi connectivity index (χ1n) is 11.4. The predicted molar refractivity (Wildman–Crippen MR) is 125 cm³/mol. The smallest absolute Gasteiger partial charge is 0.208 e. The van der Waals surface area contributed by atoms with Crippen molar-refractivity contribution in [1.29, 1.82) is 0 Å². The lowest BCUT2D eigenvalue weighted by atomic mass is 9.82. The highest BCUT2D eigenvalue weighted by atomic mass is 32.2. The fourth-order valence-electron chi connectivity index (χ4n) is 4.98. The van der Waals surface area contributed by atoms with Crippen molar-refractivity contribution in [2.45, 2.75) is 50.2 Å². The van der Waals surface area contributed by atoms with Gasteiger partial charge in [0.05, 0.1) is 19.0 Å². The van der Waals surface area contributed by atoms with Crippen molar-refractivity contribution < 1.29 is 18.3 Å². The van der Waals surface area contributed by atoms with Crippen molar-refractivity contribution in [3.63, 3.8) is 0 Å². The van der Waals surface area contributed by atoms with E-state index in [1.54, 1.807) is 12.3 Å². The lowest BCUT2D eigenvalue weighted by Gasteiger charge is -2.40. The van der Waals surface area contributed by atoms with E-state index in [0.717, 1.165) is 44.5 Å². The number of piperidine rings is 1. The van der Waals surface area contributed by atoms with Gasteiger partial charge >= 0.3 is 0 Å². The summed E-state index contributed by atoms with van der Waals surface area (Å²) in [6.45, 7) is 2.00. The number of ether oxygens (including phenoxy) is 1. The van der Waals surface area contributed by atoms with Crippen molar-refractivity contribution in [3.05, 3.63) is 54.2 Å². The molecule has 32 heavy (non-hydrogen) atoms. The van der Waals surface area contributed by atoms with Crippen LogP contribution in [0.2, 0.25) is 0 Å². The van der Waals surface area contributed by atoms with E-state index in [1.165, 1.54) is 11.8 Å². The second-order valence-corrected chi connectivity index (χ2v) is 10.9. The van der Waals surface area contributed by atoms with E-state index in [9.17, 15) is 13.5 Å². The molecule has 174 valence electrons. The molecule has 2 fully saturated rings. The minimum Gasteiger partial charge on any atom is -0.508 e. The molecule has 2 aromatic rings. The quantitative estimate of drug-likeness (QED) is 0.660. The third-order valence-corrected chi connectivity index (χ3v) is 7.37. The summed E-state index contributed by atoms with van der Waals surface area (Å²) in [4.78, 5) is 6.67. The summed E-state index contributed by atoms with van der Waals surface area (Å²) in [7, 11) is -3.28. The number of pyridine rings is 1. The van der Waals surface area contributed by atoms with Crippen molar-refractivity contribution in [2.24, 2.45) is 5.92 Å². The lowest BCUT2D eigenvalue weighted by molar-refractivity contribution is -0.00214. The van der Waals surface area contributed by atoms with Crippen molar-refractivity contribution in [1.82, 2.24) is 9.71 Å². The number of nitrogens with zero attached hydrogens (tertiary/aromatic N) is 2. The average molecular weight is 460 g/mol. The van der Waals surface area contributed by atoms with Crippen LogP contribution in [0, 0.1) is 5.92 Å². The molecule has 0 spiro atoms. The van der Waals surface area contributed by atoms with Gasteiger partial charge in [-0.1, -0.05) is 18.2 Å². The highest BCUT2D eigenvalue weighted by molar-refractivity contribution is 7.88. The maximum absolute atomic E-state index is 11.9. The molecule has 1 aliphatic heterocycles. The van der Waals surface area contributed by atoms with Gasteiger partial charge in [-0.3, -0.25) is 0 Å². The highest BCUT2D eigenvalue weighted by Crippen LogP contribution is 2.35. The Morgan fingerprint density at radius 2 is 1.94 bits per heavy atom. The summed E-state index contributed by atoms with van der Waals surface area (Å²) >= 11 is 0. The number of nitrogens with one attached hydrogen (secondary N) is 1. The topological polar surface area (TPSA) is 91.8 Å². The number of rotatable bonds is 7. The number of sulfonamides is 1. The van der Waals surface area contributed by atoms with Crippen LogP contribution in [-0.2, 0) is 14.8 Å². The SMILES string of the molecule is CS(=O)(=O)N[C@H]1CCN(c2ccccn2)CC1COC1CCC(c2cccc(O)c2)CC1. The molecule has 0 bridgehead atoms. The van der Waals surface area contributed by atoms with Crippen molar-refractivity contribution in [3.8, 4) is 5.75 Å². The molecule has 1 aliphatic carbocycles. The number of phenolic OH excluding ortho intramolecular Hbond substituents is 1. The van der Waals surface area contributed by atoms with E-state index in [1.807, 2.05) is 30.3 Å². The fraction of sp³-hybridized carbons (Fsp3) is 0.542. The van der Waals surface area contributed by atoms with Crippen LogP contribution in [0.15, 0.2) is 48.7 Å². The van der Waals surface area contributed by atoms with Crippen LogP contribution in [0.5, 0.6) is 5.75 Å². The first-order chi connectivity index (χ1) is 15.4. The number of aromatic nitrogens is 1. The summed E-state index contributed by atoms with van der Waals surface area (Å²) in [5.41, 5.74) is 1.19. The van der Waals surface area contributed by atoms with Gasteiger partial charge in [0.25, 0.3) is 0 Å². The van der Waals surface area contributed by atoms with Crippen LogP contribution in [0.25, 0.3) is 0 Å². The number of aromatic hydroxyl groups is 1. The van der Waals surface area contributed by atoms with Crippen molar-refractivity contribution in [2.75, 3.05) is 30.9 Å². The zero-order valence-electron chi connectivity index (χ0n) is 18.6. The minimum absolute atomic E-state index is 0.0595. The minimum atomic E-state index is -3.28. The van der Waals surface area contributed by atoms with E-state index in [4.69, 9.17) is 4.74 Å². The number of phenols is 1. The number of hydrogen-bond acceptors (Lipinski definition) is 6. The van der Waals surface area contributed by atoms with Crippen LogP contribution in [0.4, 0.5) is 5.82 Å². The molecule has 4 rings (SSSR count). The monoisotopic (exact) mass is 459 g/mol. The van der Waals surface area contributed by atoms with E-state index >= 15 is 0 Å². The molecule has 2 aliphatic rings. The van der Waals surface area contributed by atoms with Crippen LogP contribution < -0.4 is 9.62 Å². The fourth-order valence-corrected chi connectivity index (χ4v) is 5.84. The molecule has 1 aromatic heterocycles. The van der Waals surface area contributed by atoms with E-state index < -0.39 is 10.0 Å². The molecule has 1 unspecified atom stereocenters. The third kappa shape index (κ3) is 6.21. The number of benzene rings is 1. The van der Waals surface area contributed by atoms with Gasteiger partial charge in [-0.2, -0.15) is 0 Å². The first kappa shape index (κ1) is 23.0. The Morgan fingerprint density at radius 3 is 2.62 bits per heavy atom. The predicted octanol–water partition coefficient (Wildman–Crippen LogP) is 3.27. The Morgan fingerprint density at radius 1 is 1.12 bits per heavy atom. The summed E-state index contributed by atoms with van der Waals surface area (Å²) in [6.07, 6.45) is 7.93.